The van der Waals surface area contributed by atoms with E-state index in [2.05, 4.69) is 4.90 Å². The molecule has 0 radical (unpaired) electrons. The number of nitrogens with zero attached hydrogens (tertiary/aromatic N) is 2. The Morgan fingerprint density at radius 2 is 1.95 bits per heavy atom. The van der Waals surface area contributed by atoms with Gasteiger partial charge in [-0.25, -0.2) is 0 Å². The zero-order valence-electron chi connectivity index (χ0n) is 12.3. The van der Waals surface area contributed by atoms with E-state index >= 15 is 0 Å². The Bertz CT molecular complexity index is 649. The first-order chi connectivity index (χ1) is 10.5. The summed E-state index contributed by atoms with van der Waals surface area (Å²) in [5.41, 5.74) is 7.74. The molecular formula is C16H18ClN3O2. The van der Waals surface area contributed by atoms with Gasteiger partial charge in [-0.3, -0.25) is 15.0 Å². The van der Waals surface area contributed by atoms with Gasteiger partial charge in [-0.1, -0.05) is 48.0 Å². The first-order valence-corrected chi connectivity index (χ1v) is 7.28. The minimum Gasteiger partial charge on any atom is -0.329 e. The molecule has 0 saturated heterocycles. The van der Waals surface area contributed by atoms with Crippen LogP contribution in [-0.4, -0.2) is 23.4 Å². The molecule has 1 atom stereocenters. The van der Waals surface area contributed by atoms with Gasteiger partial charge < -0.3 is 5.73 Å². The maximum Gasteiger partial charge on any atom is 0.288 e. The number of nitro groups is 1. The van der Waals surface area contributed by atoms with Crippen molar-refractivity contribution in [2.45, 2.75) is 12.6 Å². The summed E-state index contributed by atoms with van der Waals surface area (Å²) in [6.07, 6.45) is 0. The molecule has 22 heavy (non-hydrogen) atoms. The fraction of sp³-hybridized carbons (Fsp3) is 0.250. The number of hydrogen-bond acceptors (Lipinski definition) is 4. The van der Waals surface area contributed by atoms with Crippen molar-refractivity contribution in [2.75, 3.05) is 13.6 Å². The van der Waals surface area contributed by atoms with Crippen molar-refractivity contribution in [2.24, 2.45) is 5.73 Å². The largest absolute Gasteiger partial charge is 0.329 e. The molecule has 2 rings (SSSR count). The van der Waals surface area contributed by atoms with Gasteiger partial charge in [-0.2, -0.15) is 0 Å². The lowest BCUT2D eigenvalue weighted by molar-refractivity contribution is -0.384. The summed E-state index contributed by atoms with van der Waals surface area (Å²) in [5.74, 6) is 0. The highest BCUT2D eigenvalue weighted by Gasteiger charge is 2.20. The molecule has 0 spiro atoms. The first kappa shape index (κ1) is 16.4. The van der Waals surface area contributed by atoms with Crippen LogP contribution in [0.1, 0.15) is 17.2 Å². The van der Waals surface area contributed by atoms with Gasteiger partial charge in [0.25, 0.3) is 5.69 Å². The van der Waals surface area contributed by atoms with Crippen LogP contribution in [0, 0.1) is 10.1 Å². The van der Waals surface area contributed by atoms with Crippen LogP contribution >= 0.6 is 11.6 Å². The van der Waals surface area contributed by atoms with Crippen LogP contribution < -0.4 is 5.73 Å². The normalized spacial score (nSPS) is 12.4. The van der Waals surface area contributed by atoms with Crippen molar-refractivity contribution in [1.29, 1.82) is 0 Å². The minimum absolute atomic E-state index is 0.0919. The van der Waals surface area contributed by atoms with Gasteiger partial charge >= 0.3 is 0 Å². The number of nitrogens with two attached hydrogens (primary N) is 1. The minimum atomic E-state index is -0.476. The van der Waals surface area contributed by atoms with E-state index in [9.17, 15) is 10.1 Å². The molecule has 116 valence electrons. The molecule has 0 aromatic heterocycles. The fourth-order valence-electron chi connectivity index (χ4n) is 2.43. The second-order valence-electron chi connectivity index (χ2n) is 5.12. The van der Waals surface area contributed by atoms with E-state index in [-0.39, 0.29) is 16.8 Å². The zero-order chi connectivity index (χ0) is 16.1. The highest BCUT2D eigenvalue weighted by Crippen LogP contribution is 2.29. The van der Waals surface area contributed by atoms with Crippen molar-refractivity contribution < 1.29 is 4.92 Å². The highest BCUT2D eigenvalue weighted by molar-refractivity contribution is 6.32. The lowest BCUT2D eigenvalue weighted by Crippen LogP contribution is -2.30. The lowest BCUT2D eigenvalue weighted by Gasteiger charge is -2.27. The van der Waals surface area contributed by atoms with Crippen molar-refractivity contribution in [3.05, 3.63) is 74.8 Å². The topological polar surface area (TPSA) is 72.4 Å². The molecule has 1 unspecified atom stereocenters. The number of likely N-dealkylation sites (N-methyl/N-ethyl adjacent to an activating group) is 1. The first-order valence-electron chi connectivity index (χ1n) is 6.91. The Labute approximate surface area is 134 Å². The molecule has 6 heteroatoms. The standard InChI is InChI=1S/C16H18ClN3O2/c1-19(11-12-5-3-2-4-6-12)16(10-18)13-7-8-14(17)15(9-13)20(21)22/h2-9,16H,10-11,18H2,1H3. The molecule has 0 aliphatic heterocycles. The molecule has 0 aliphatic rings. The van der Waals surface area contributed by atoms with E-state index in [1.54, 1.807) is 12.1 Å². The Balaban J connectivity index is 2.24. The third-order valence-corrected chi connectivity index (χ3v) is 3.90. The van der Waals surface area contributed by atoms with Crippen molar-refractivity contribution >= 4 is 17.3 Å². The Morgan fingerprint density at radius 3 is 2.55 bits per heavy atom. The summed E-state index contributed by atoms with van der Waals surface area (Å²) in [6, 6.07) is 14.7. The van der Waals surface area contributed by atoms with Crippen LogP contribution in [0.3, 0.4) is 0 Å². The number of hydrogen-bond donors (Lipinski definition) is 1. The van der Waals surface area contributed by atoms with Crippen LogP contribution in [-0.2, 0) is 6.54 Å². The van der Waals surface area contributed by atoms with Gasteiger partial charge in [0, 0.05) is 25.2 Å². The van der Waals surface area contributed by atoms with Crippen LogP contribution in [0.25, 0.3) is 0 Å². The second-order valence-corrected chi connectivity index (χ2v) is 5.53. The van der Waals surface area contributed by atoms with Crippen LogP contribution in [0.2, 0.25) is 5.02 Å². The molecule has 0 fully saturated rings. The molecule has 0 heterocycles. The fourth-order valence-corrected chi connectivity index (χ4v) is 2.62. The average Bonchev–Trinajstić information content (AvgIpc) is 2.50. The van der Waals surface area contributed by atoms with Gasteiger partial charge in [0.15, 0.2) is 0 Å². The van der Waals surface area contributed by atoms with E-state index in [1.165, 1.54) is 6.07 Å². The second kappa shape index (κ2) is 7.35. The van der Waals surface area contributed by atoms with Gasteiger partial charge in [-0.05, 0) is 24.2 Å². The molecule has 5 nitrogen and oxygen atoms in total. The Kier molecular flexibility index (Phi) is 5.49. The number of rotatable bonds is 6. The van der Waals surface area contributed by atoms with Crippen molar-refractivity contribution in [3.8, 4) is 0 Å². The predicted molar refractivity (Wildman–Crippen MR) is 87.8 cm³/mol. The molecule has 0 amide bonds. The third-order valence-electron chi connectivity index (χ3n) is 3.58. The van der Waals surface area contributed by atoms with Crippen molar-refractivity contribution in [1.82, 2.24) is 4.90 Å². The Morgan fingerprint density at radius 1 is 1.27 bits per heavy atom. The smallest absolute Gasteiger partial charge is 0.288 e. The molecule has 2 aromatic rings. The van der Waals surface area contributed by atoms with Crippen molar-refractivity contribution in [3.63, 3.8) is 0 Å². The summed E-state index contributed by atoms with van der Waals surface area (Å²) < 4.78 is 0. The van der Waals surface area contributed by atoms with Gasteiger partial charge in [0.05, 0.1) is 4.92 Å². The zero-order valence-corrected chi connectivity index (χ0v) is 13.0. The quantitative estimate of drug-likeness (QED) is 0.654. The van der Waals surface area contributed by atoms with Crippen LogP contribution in [0.4, 0.5) is 5.69 Å². The summed E-state index contributed by atoms with van der Waals surface area (Å²) in [6.45, 7) is 1.07. The molecular weight excluding hydrogens is 302 g/mol. The molecule has 2 N–H and O–H groups in total. The summed E-state index contributed by atoms with van der Waals surface area (Å²) >= 11 is 5.86. The van der Waals surface area contributed by atoms with E-state index in [0.717, 1.165) is 11.1 Å². The number of benzene rings is 2. The van der Waals surface area contributed by atoms with E-state index in [0.29, 0.717) is 13.1 Å². The van der Waals surface area contributed by atoms with E-state index in [1.807, 2.05) is 37.4 Å². The predicted octanol–water partition coefficient (Wildman–Crippen LogP) is 3.38. The molecule has 2 aromatic carbocycles. The monoisotopic (exact) mass is 319 g/mol. The third kappa shape index (κ3) is 3.82. The maximum absolute atomic E-state index is 11.0. The summed E-state index contributed by atoms with van der Waals surface area (Å²) in [7, 11) is 1.95. The van der Waals surface area contributed by atoms with E-state index in [4.69, 9.17) is 17.3 Å². The number of halogens is 1. The molecule has 0 aliphatic carbocycles. The summed E-state index contributed by atoms with van der Waals surface area (Å²) in [5, 5.41) is 11.2. The summed E-state index contributed by atoms with van der Waals surface area (Å²) in [4.78, 5) is 12.6. The van der Waals surface area contributed by atoms with E-state index < -0.39 is 4.92 Å². The lowest BCUT2D eigenvalue weighted by atomic mass is 10.0. The average molecular weight is 320 g/mol. The maximum atomic E-state index is 11.0. The van der Waals surface area contributed by atoms with Crippen LogP contribution in [0.5, 0.6) is 0 Å². The van der Waals surface area contributed by atoms with Crippen LogP contribution in [0.15, 0.2) is 48.5 Å². The Hall–Kier alpha value is -1.95. The van der Waals surface area contributed by atoms with Gasteiger partial charge in [-0.15, -0.1) is 0 Å². The number of nitro benzene ring substituents is 1. The SMILES string of the molecule is CN(Cc1ccccc1)C(CN)c1ccc(Cl)c([N+](=O)[O-])c1. The molecule has 0 saturated carbocycles. The highest BCUT2D eigenvalue weighted by atomic mass is 35.5. The molecule has 0 bridgehead atoms. The van der Waals surface area contributed by atoms with Gasteiger partial charge in [0.2, 0.25) is 0 Å². The van der Waals surface area contributed by atoms with Gasteiger partial charge in [0.1, 0.15) is 5.02 Å².